The first-order valence-electron chi connectivity index (χ1n) is 5.28. The third kappa shape index (κ3) is 3.15. The van der Waals surface area contributed by atoms with Crippen molar-refractivity contribution < 1.29 is 14.3 Å². The van der Waals surface area contributed by atoms with Crippen LogP contribution in [-0.2, 0) is 9.53 Å². The van der Waals surface area contributed by atoms with Gasteiger partial charge in [-0.05, 0) is 25.5 Å². The highest BCUT2D eigenvalue weighted by atomic mass is 16.5. The summed E-state index contributed by atoms with van der Waals surface area (Å²) in [6, 6.07) is 6.87. The Bertz CT molecular complexity index is 486. The fourth-order valence-corrected chi connectivity index (χ4v) is 1.50. The van der Waals surface area contributed by atoms with E-state index in [4.69, 9.17) is 10.00 Å². The predicted molar refractivity (Wildman–Crippen MR) is 61.5 cm³/mol. The average Bonchev–Trinajstić information content (AvgIpc) is 2.29. The first-order valence-corrected chi connectivity index (χ1v) is 5.28. The molecule has 4 heteroatoms. The average molecular weight is 231 g/mol. The maximum atomic E-state index is 11.8. The Morgan fingerprint density at radius 2 is 2.12 bits per heavy atom. The van der Waals surface area contributed by atoms with E-state index in [1.54, 1.807) is 32.0 Å². The van der Waals surface area contributed by atoms with Crippen LogP contribution in [0.2, 0.25) is 0 Å². The maximum Gasteiger partial charge on any atom is 0.313 e. The molecule has 0 bridgehead atoms. The van der Waals surface area contributed by atoms with Crippen LogP contribution in [0.15, 0.2) is 18.2 Å². The van der Waals surface area contributed by atoms with E-state index in [0.29, 0.717) is 16.7 Å². The molecule has 0 saturated carbocycles. The lowest BCUT2D eigenvalue weighted by Crippen LogP contribution is -2.12. The largest absolute Gasteiger partial charge is 0.466 e. The molecule has 0 aliphatic rings. The van der Waals surface area contributed by atoms with Crippen molar-refractivity contribution in [1.82, 2.24) is 0 Å². The minimum Gasteiger partial charge on any atom is -0.466 e. The van der Waals surface area contributed by atoms with Crippen LogP contribution in [0.25, 0.3) is 0 Å². The standard InChI is InChI=1S/C13H13NO3/c1-3-17-13(16)7-12(15)11-6-4-5-10(8-14)9(11)2/h4-6H,3,7H2,1-2H3. The minimum atomic E-state index is -0.542. The summed E-state index contributed by atoms with van der Waals surface area (Å²) in [4.78, 5) is 23.0. The molecule has 0 atom stereocenters. The number of benzene rings is 1. The van der Waals surface area contributed by atoms with Crippen molar-refractivity contribution in [2.75, 3.05) is 6.61 Å². The summed E-state index contributed by atoms with van der Waals surface area (Å²) in [5, 5.41) is 8.84. The molecule has 0 aliphatic carbocycles. The smallest absolute Gasteiger partial charge is 0.313 e. The second kappa shape index (κ2) is 5.80. The van der Waals surface area contributed by atoms with Gasteiger partial charge in [-0.1, -0.05) is 12.1 Å². The molecule has 0 heterocycles. The van der Waals surface area contributed by atoms with Crippen molar-refractivity contribution in [3.8, 4) is 6.07 Å². The fraction of sp³-hybridized carbons (Fsp3) is 0.308. The zero-order valence-corrected chi connectivity index (χ0v) is 9.82. The molecule has 0 radical (unpaired) electrons. The molecule has 88 valence electrons. The fourth-order valence-electron chi connectivity index (χ4n) is 1.50. The molecule has 0 aromatic heterocycles. The Kier molecular flexibility index (Phi) is 4.41. The lowest BCUT2D eigenvalue weighted by Gasteiger charge is -2.05. The molecule has 0 spiro atoms. The van der Waals surface area contributed by atoms with Crippen molar-refractivity contribution in [3.05, 3.63) is 34.9 Å². The Morgan fingerprint density at radius 3 is 2.71 bits per heavy atom. The van der Waals surface area contributed by atoms with E-state index in [9.17, 15) is 9.59 Å². The number of Topliss-reactive ketones (excluding diaryl/α,β-unsaturated/α-hetero) is 1. The van der Waals surface area contributed by atoms with Crippen LogP contribution >= 0.6 is 0 Å². The molecule has 0 saturated heterocycles. The number of ketones is 1. The van der Waals surface area contributed by atoms with Gasteiger partial charge < -0.3 is 4.74 Å². The van der Waals surface area contributed by atoms with Gasteiger partial charge in [0.2, 0.25) is 0 Å². The van der Waals surface area contributed by atoms with Crippen molar-refractivity contribution in [2.45, 2.75) is 20.3 Å². The van der Waals surface area contributed by atoms with Gasteiger partial charge in [0, 0.05) is 5.56 Å². The third-order valence-corrected chi connectivity index (χ3v) is 2.36. The van der Waals surface area contributed by atoms with Gasteiger partial charge in [0.05, 0.1) is 18.2 Å². The quantitative estimate of drug-likeness (QED) is 0.451. The molecule has 0 aliphatic heterocycles. The van der Waals surface area contributed by atoms with Crippen LogP contribution in [0.4, 0.5) is 0 Å². The van der Waals surface area contributed by atoms with Gasteiger partial charge in [0.1, 0.15) is 6.42 Å². The molecular formula is C13H13NO3. The summed E-state index contributed by atoms with van der Waals surface area (Å²) in [6.07, 6.45) is -0.288. The van der Waals surface area contributed by atoms with Crippen molar-refractivity contribution in [3.63, 3.8) is 0 Å². The highest BCUT2D eigenvalue weighted by Gasteiger charge is 2.15. The highest BCUT2D eigenvalue weighted by Crippen LogP contribution is 2.15. The molecular weight excluding hydrogens is 218 g/mol. The molecule has 17 heavy (non-hydrogen) atoms. The topological polar surface area (TPSA) is 67.2 Å². The Hall–Kier alpha value is -2.15. The van der Waals surface area contributed by atoms with E-state index < -0.39 is 5.97 Å². The second-order valence-corrected chi connectivity index (χ2v) is 3.49. The van der Waals surface area contributed by atoms with Gasteiger partial charge in [-0.15, -0.1) is 0 Å². The molecule has 1 aromatic carbocycles. The zero-order valence-electron chi connectivity index (χ0n) is 9.82. The van der Waals surface area contributed by atoms with Gasteiger partial charge in [-0.2, -0.15) is 5.26 Å². The Labute approximate surface area is 99.8 Å². The van der Waals surface area contributed by atoms with Gasteiger partial charge >= 0.3 is 5.97 Å². The number of carbonyl (C=O) groups is 2. The number of nitriles is 1. The second-order valence-electron chi connectivity index (χ2n) is 3.49. The van der Waals surface area contributed by atoms with Gasteiger partial charge in [0.25, 0.3) is 0 Å². The Balaban J connectivity index is 2.91. The molecule has 1 aromatic rings. The van der Waals surface area contributed by atoms with Crippen molar-refractivity contribution >= 4 is 11.8 Å². The number of ether oxygens (including phenoxy) is 1. The van der Waals surface area contributed by atoms with E-state index in [1.807, 2.05) is 6.07 Å². The lowest BCUT2D eigenvalue weighted by atomic mass is 9.98. The van der Waals surface area contributed by atoms with E-state index in [0.717, 1.165) is 0 Å². The third-order valence-electron chi connectivity index (χ3n) is 2.36. The molecule has 0 N–H and O–H groups in total. The van der Waals surface area contributed by atoms with Gasteiger partial charge in [0.15, 0.2) is 5.78 Å². The van der Waals surface area contributed by atoms with E-state index in [-0.39, 0.29) is 18.8 Å². The van der Waals surface area contributed by atoms with Crippen molar-refractivity contribution in [1.29, 1.82) is 5.26 Å². The summed E-state index contributed by atoms with van der Waals surface area (Å²) < 4.78 is 4.71. The number of nitrogens with zero attached hydrogens (tertiary/aromatic N) is 1. The van der Waals surface area contributed by atoms with E-state index >= 15 is 0 Å². The van der Waals surface area contributed by atoms with Gasteiger partial charge in [-0.3, -0.25) is 9.59 Å². The number of carbonyl (C=O) groups excluding carboxylic acids is 2. The monoisotopic (exact) mass is 231 g/mol. The molecule has 4 nitrogen and oxygen atoms in total. The number of hydrogen-bond acceptors (Lipinski definition) is 4. The zero-order chi connectivity index (χ0) is 12.8. The first-order chi connectivity index (χ1) is 8.10. The van der Waals surface area contributed by atoms with Crippen LogP contribution in [0, 0.1) is 18.3 Å². The number of esters is 1. The normalized spacial score (nSPS) is 9.47. The van der Waals surface area contributed by atoms with Crippen LogP contribution in [0.5, 0.6) is 0 Å². The van der Waals surface area contributed by atoms with Crippen LogP contribution in [-0.4, -0.2) is 18.4 Å². The summed E-state index contributed by atoms with van der Waals surface area (Å²) in [5.41, 5.74) is 1.45. The van der Waals surface area contributed by atoms with Gasteiger partial charge in [-0.25, -0.2) is 0 Å². The van der Waals surface area contributed by atoms with Crippen LogP contribution in [0.3, 0.4) is 0 Å². The summed E-state index contributed by atoms with van der Waals surface area (Å²) in [7, 11) is 0. The first kappa shape index (κ1) is 12.9. The predicted octanol–water partition coefficient (Wildman–Crippen LogP) is 2.00. The molecule has 0 amide bonds. The highest BCUT2D eigenvalue weighted by molar-refractivity contribution is 6.07. The van der Waals surface area contributed by atoms with E-state index in [2.05, 4.69) is 0 Å². The van der Waals surface area contributed by atoms with E-state index in [1.165, 1.54) is 0 Å². The molecule has 0 unspecified atom stereocenters. The van der Waals surface area contributed by atoms with Crippen LogP contribution < -0.4 is 0 Å². The molecule has 0 fully saturated rings. The summed E-state index contributed by atoms with van der Waals surface area (Å²) in [5.74, 6) is -0.864. The summed E-state index contributed by atoms with van der Waals surface area (Å²) >= 11 is 0. The maximum absolute atomic E-state index is 11.8. The SMILES string of the molecule is CCOC(=O)CC(=O)c1cccc(C#N)c1C. The summed E-state index contributed by atoms with van der Waals surface area (Å²) in [6.45, 7) is 3.63. The van der Waals surface area contributed by atoms with Crippen molar-refractivity contribution in [2.24, 2.45) is 0 Å². The number of rotatable bonds is 4. The molecule has 1 rings (SSSR count). The number of hydrogen-bond donors (Lipinski definition) is 0. The minimum absolute atomic E-state index is 0.253. The van der Waals surface area contributed by atoms with Crippen LogP contribution in [0.1, 0.15) is 34.8 Å². The lowest BCUT2D eigenvalue weighted by molar-refractivity contribution is -0.141. The Morgan fingerprint density at radius 1 is 1.41 bits per heavy atom.